The van der Waals surface area contributed by atoms with E-state index in [1.807, 2.05) is 4.90 Å². The van der Waals surface area contributed by atoms with Crippen LogP contribution in [0.15, 0.2) is 0 Å². The van der Waals surface area contributed by atoms with Crippen molar-refractivity contribution in [2.75, 3.05) is 26.2 Å². The molecule has 1 saturated heterocycles. The predicted octanol–water partition coefficient (Wildman–Crippen LogP) is 1.37. The second-order valence-corrected chi connectivity index (χ2v) is 5.58. The molecule has 1 rings (SSSR count). The number of aliphatic hydroxyl groups is 1. The maximum atomic E-state index is 12.1. The number of likely N-dealkylation sites (tertiary alicyclic amines) is 1. The Labute approximate surface area is 111 Å². The van der Waals surface area contributed by atoms with Gasteiger partial charge in [0.05, 0.1) is 0 Å². The molecule has 106 valence electrons. The average Bonchev–Trinajstić information content (AvgIpc) is 2.37. The molecule has 0 bridgehead atoms. The van der Waals surface area contributed by atoms with Gasteiger partial charge in [-0.05, 0) is 50.5 Å². The SMILES string of the molecule is CC(CCN)CCC(=O)N1CCCC(CCO)C1. The molecule has 4 heteroatoms. The van der Waals surface area contributed by atoms with Crippen molar-refractivity contribution in [2.24, 2.45) is 17.6 Å². The van der Waals surface area contributed by atoms with Gasteiger partial charge >= 0.3 is 0 Å². The molecule has 0 spiro atoms. The van der Waals surface area contributed by atoms with Crippen LogP contribution in [0.3, 0.4) is 0 Å². The minimum absolute atomic E-state index is 0.236. The molecule has 0 aliphatic carbocycles. The maximum Gasteiger partial charge on any atom is 0.222 e. The van der Waals surface area contributed by atoms with Crippen molar-refractivity contribution in [3.63, 3.8) is 0 Å². The first-order chi connectivity index (χ1) is 8.67. The largest absolute Gasteiger partial charge is 0.396 e. The van der Waals surface area contributed by atoms with Crippen LogP contribution in [0.25, 0.3) is 0 Å². The van der Waals surface area contributed by atoms with E-state index in [-0.39, 0.29) is 12.5 Å². The molecule has 0 aromatic carbocycles. The van der Waals surface area contributed by atoms with E-state index in [4.69, 9.17) is 10.8 Å². The van der Waals surface area contributed by atoms with E-state index in [9.17, 15) is 4.79 Å². The van der Waals surface area contributed by atoms with Gasteiger partial charge in [-0.3, -0.25) is 4.79 Å². The molecule has 1 amide bonds. The molecular formula is C14H28N2O2. The number of aliphatic hydroxyl groups excluding tert-OH is 1. The summed E-state index contributed by atoms with van der Waals surface area (Å²) in [6.45, 7) is 4.83. The second kappa shape index (κ2) is 8.48. The van der Waals surface area contributed by atoms with Gasteiger partial charge in [0.1, 0.15) is 0 Å². The Morgan fingerprint density at radius 2 is 2.28 bits per heavy atom. The third kappa shape index (κ3) is 5.36. The lowest BCUT2D eigenvalue weighted by Crippen LogP contribution is -2.40. The van der Waals surface area contributed by atoms with Crippen molar-refractivity contribution in [3.8, 4) is 0 Å². The summed E-state index contributed by atoms with van der Waals surface area (Å²) >= 11 is 0. The lowest BCUT2D eigenvalue weighted by atomic mass is 9.94. The van der Waals surface area contributed by atoms with Crippen LogP contribution in [-0.4, -0.2) is 42.2 Å². The zero-order valence-corrected chi connectivity index (χ0v) is 11.6. The minimum Gasteiger partial charge on any atom is -0.396 e. The Morgan fingerprint density at radius 1 is 1.50 bits per heavy atom. The van der Waals surface area contributed by atoms with Crippen LogP contribution >= 0.6 is 0 Å². The van der Waals surface area contributed by atoms with Crippen LogP contribution < -0.4 is 5.73 Å². The van der Waals surface area contributed by atoms with Crippen molar-refractivity contribution < 1.29 is 9.90 Å². The van der Waals surface area contributed by atoms with Crippen molar-refractivity contribution in [2.45, 2.75) is 45.4 Å². The van der Waals surface area contributed by atoms with Gasteiger partial charge in [-0.25, -0.2) is 0 Å². The molecule has 2 unspecified atom stereocenters. The summed E-state index contributed by atoms with van der Waals surface area (Å²) in [7, 11) is 0. The normalized spacial score (nSPS) is 21.9. The molecule has 4 nitrogen and oxygen atoms in total. The Bertz CT molecular complexity index is 244. The molecule has 1 heterocycles. The number of amides is 1. The van der Waals surface area contributed by atoms with Gasteiger partial charge in [-0.2, -0.15) is 0 Å². The van der Waals surface area contributed by atoms with Gasteiger partial charge in [0.25, 0.3) is 0 Å². The molecule has 1 aliphatic rings. The number of carbonyl (C=O) groups excluding carboxylic acids is 1. The summed E-state index contributed by atoms with van der Waals surface area (Å²) in [5.41, 5.74) is 5.51. The fraction of sp³-hybridized carbons (Fsp3) is 0.929. The number of nitrogens with two attached hydrogens (primary N) is 1. The van der Waals surface area contributed by atoms with E-state index in [1.54, 1.807) is 0 Å². The number of hydrogen-bond donors (Lipinski definition) is 2. The van der Waals surface area contributed by atoms with Crippen LogP contribution in [-0.2, 0) is 4.79 Å². The highest BCUT2D eigenvalue weighted by atomic mass is 16.3. The van der Waals surface area contributed by atoms with E-state index in [0.717, 1.165) is 45.2 Å². The molecule has 2 atom stereocenters. The van der Waals surface area contributed by atoms with Crippen LogP contribution in [0.4, 0.5) is 0 Å². The molecule has 0 radical (unpaired) electrons. The summed E-state index contributed by atoms with van der Waals surface area (Å²) in [4.78, 5) is 14.1. The van der Waals surface area contributed by atoms with Gasteiger partial charge in [0, 0.05) is 26.1 Å². The fourth-order valence-electron chi connectivity index (χ4n) is 2.67. The van der Waals surface area contributed by atoms with E-state index < -0.39 is 0 Å². The molecule has 0 aromatic heterocycles. The smallest absolute Gasteiger partial charge is 0.222 e. The standard InChI is InChI=1S/C14H28N2O2/c1-12(6-8-15)4-5-14(18)16-9-2-3-13(11-16)7-10-17/h12-13,17H,2-11,15H2,1H3. The molecule has 0 saturated carbocycles. The summed E-state index contributed by atoms with van der Waals surface area (Å²) in [5, 5.41) is 8.96. The maximum absolute atomic E-state index is 12.1. The molecule has 3 N–H and O–H groups in total. The zero-order chi connectivity index (χ0) is 13.4. The Hall–Kier alpha value is -0.610. The highest BCUT2D eigenvalue weighted by molar-refractivity contribution is 5.76. The zero-order valence-electron chi connectivity index (χ0n) is 11.6. The molecule has 1 aliphatic heterocycles. The number of nitrogens with zero attached hydrogens (tertiary/aromatic N) is 1. The van der Waals surface area contributed by atoms with Crippen molar-refractivity contribution in [1.82, 2.24) is 4.90 Å². The summed E-state index contributed by atoms with van der Waals surface area (Å²) in [6, 6.07) is 0. The molecule has 1 fully saturated rings. The first kappa shape index (κ1) is 15.4. The van der Waals surface area contributed by atoms with Crippen LogP contribution in [0.2, 0.25) is 0 Å². The van der Waals surface area contributed by atoms with Gasteiger partial charge < -0.3 is 15.7 Å². The highest BCUT2D eigenvalue weighted by Crippen LogP contribution is 2.20. The van der Waals surface area contributed by atoms with Crippen LogP contribution in [0, 0.1) is 11.8 Å². The van der Waals surface area contributed by atoms with Gasteiger partial charge in [-0.15, -0.1) is 0 Å². The fourth-order valence-corrected chi connectivity index (χ4v) is 2.67. The molecule has 0 aromatic rings. The van der Waals surface area contributed by atoms with E-state index in [2.05, 4.69) is 6.92 Å². The highest BCUT2D eigenvalue weighted by Gasteiger charge is 2.23. The summed E-state index contributed by atoms with van der Waals surface area (Å²) in [6.07, 6.45) is 5.64. The summed E-state index contributed by atoms with van der Waals surface area (Å²) < 4.78 is 0. The first-order valence-electron chi connectivity index (χ1n) is 7.26. The molecule has 18 heavy (non-hydrogen) atoms. The number of hydrogen-bond acceptors (Lipinski definition) is 3. The Balaban J connectivity index is 2.28. The van der Waals surface area contributed by atoms with E-state index in [1.165, 1.54) is 0 Å². The first-order valence-corrected chi connectivity index (χ1v) is 7.26. The van der Waals surface area contributed by atoms with E-state index >= 15 is 0 Å². The number of piperidine rings is 1. The van der Waals surface area contributed by atoms with Gasteiger partial charge in [0.2, 0.25) is 5.91 Å². The van der Waals surface area contributed by atoms with Crippen molar-refractivity contribution in [3.05, 3.63) is 0 Å². The lowest BCUT2D eigenvalue weighted by molar-refractivity contribution is -0.133. The van der Waals surface area contributed by atoms with Crippen LogP contribution in [0.5, 0.6) is 0 Å². The Morgan fingerprint density at radius 3 is 2.94 bits per heavy atom. The third-order valence-electron chi connectivity index (χ3n) is 3.92. The number of carbonyl (C=O) groups is 1. The monoisotopic (exact) mass is 256 g/mol. The quantitative estimate of drug-likeness (QED) is 0.723. The average molecular weight is 256 g/mol. The van der Waals surface area contributed by atoms with Crippen molar-refractivity contribution >= 4 is 5.91 Å². The third-order valence-corrected chi connectivity index (χ3v) is 3.92. The van der Waals surface area contributed by atoms with Crippen molar-refractivity contribution in [1.29, 1.82) is 0 Å². The molecular weight excluding hydrogens is 228 g/mol. The minimum atomic E-state index is 0.236. The lowest BCUT2D eigenvalue weighted by Gasteiger charge is -2.32. The second-order valence-electron chi connectivity index (χ2n) is 5.58. The topological polar surface area (TPSA) is 66.6 Å². The van der Waals surface area contributed by atoms with E-state index in [0.29, 0.717) is 24.8 Å². The Kier molecular flexibility index (Phi) is 7.28. The number of rotatable bonds is 7. The van der Waals surface area contributed by atoms with Gasteiger partial charge in [-0.1, -0.05) is 6.92 Å². The van der Waals surface area contributed by atoms with Gasteiger partial charge in [0.15, 0.2) is 0 Å². The predicted molar refractivity (Wildman–Crippen MR) is 73.1 cm³/mol. The summed E-state index contributed by atoms with van der Waals surface area (Å²) in [5.74, 6) is 1.31. The van der Waals surface area contributed by atoms with Crippen LogP contribution in [0.1, 0.15) is 45.4 Å².